The van der Waals surface area contributed by atoms with Crippen LogP contribution in [0, 0.1) is 0 Å². The van der Waals surface area contributed by atoms with E-state index in [1.54, 1.807) is 0 Å². The van der Waals surface area contributed by atoms with Crippen molar-refractivity contribution in [2.75, 3.05) is 11.1 Å². The summed E-state index contributed by atoms with van der Waals surface area (Å²) in [5.74, 6) is 0.261. The van der Waals surface area contributed by atoms with Crippen molar-refractivity contribution in [1.82, 2.24) is 20.2 Å². The topological polar surface area (TPSA) is 72.7 Å². The zero-order valence-electron chi connectivity index (χ0n) is 12.3. The number of amides is 1. The van der Waals surface area contributed by atoms with Gasteiger partial charge in [0.05, 0.1) is 11.8 Å². The van der Waals surface area contributed by atoms with Gasteiger partial charge in [0.15, 0.2) is 0 Å². The van der Waals surface area contributed by atoms with E-state index in [1.807, 2.05) is 35.0 Å². The minimum absolute atomic E-state index is 0.0469. The number of anilines is 1. The Hall–Kier alpha value is -1.89. The molecule has 1 amide bonds. The highest BCUT2D eigenvalue weighted by Crippen LogP contribution is 2.30. The lowest BCUT2D eigenvalue weighted by molar-refractivity contribution is -0.113. The Balaban J connectivity index is 1.55. The number of hydrogen-bond acceptors (Lipinski definition) is 5. The fourth-order valence-electron chi connectivity index (χ4n) is 2.68. The molecular formula is C15H19N5OS. The third-order valence-electron chi connectivity index (χ3n) is 3.77. The summed E-state index contributed by atoms with van der Waals surface area (Å²) in [5.41, 5.74) is 0.806. The number of nitrogens with zero attached hydrogens (tertiary/aromatic N) is 4. The maximum absolute atomic E-state index is 12.0. The van der Waals surface area contributed by atoms with Crippen LogP contribution in [0.3, 0.4) is 0 Å². The van der Waals surface area contributed by atoms with Crippen LogP contribution in [0.4, 0.5) is 5.69 Å². The second-order valence-electron chi connectivity index (χ2n) is 5.40. The van der Waals surface area contributed by atoms with Crippen LogP contribution in [0.2, 0.25) is 0 Å². The normalized spacial score (nSPS) is 15.6. The zero-order valence-corrected chi connectivity index (χ0v) is 13.1. The molecule has 0 unspecified atom stereocenters. The number of thioether (sulfide) groups is 1. The lowest BCUT2D eigenvalue weighted by atomic mass is 9.96. The Bertz CT molecular complexity index is 609. The number of tetrazole rings is 1. The summed E-state index contributed by atoms with van der Waals surface area (Å²) in [4.78, 5) is 12.0. The van der Waals surface area contributed by atoms with Crippen molar-refractivity contribution in [3.05, 3.63) is 30.3 Å². The third kappa shape index (κ3) is 3.85. The van der Waals surface area contributed by atoms with Crippen LogP contribution in [0.15, 0.2) is 35.5 Å². The molecule has 116 valence electrons. The maximum Gasteiger partial charge on any atom is 0.234 e. The molecule has 1 fully saturated rings. The molecule has 1 aromatic carbocycles. The van der Waals surface area contributed by atoms with E-state index in [0.717, 1.165) is 23.7 Å². The lowest BCUT2D eigenvalue weighted by Gasteiger charge is -2.21. The number of para-hydroxylation sites is 1. The molecule has 1 N–H and O–H groups in total. The first-order valence-electron chi connectivity index (χ1n) is 7.58. The Labute approximate surface area is 133 Å². The molecule has 0 bridgehead atoms. The highest BCUT2D eigenvalue weighted by molar-refractivity contribution is 7.99. The number of hydrogen-bond donors (Lipinski definition) is 1. The Morgan fingerprint density at radius 1 is 1.23 bits per heavy atom. The van der Waals surface area contributed by atoms with E-state index in [4.69, 9.17) is 0 Å². The fourth-order valence-corrected chi connectivity index (χ4v) is 3.43. The van der Waals surface area contributed by atoms with Crippen molar-refractivity contribution in [3.63, 3.8) is 0 Å². The average molecular weight is 317 g/mol. The van der Waals surface area contributed by atoms with Crippen molar-refractivity contribution in [1.29, 1.82) is 0 Å². The summed E-state index contributed by atoms with van der Waals surface area (Å²) in [6.07, 6.45) is 5.98. The Morgan fingerprint density at radius 2 is 2.00 bits per heavy atom. The van der Waals surface area contributed by atoms with Gasteiger partial charge < -0.3 is 5.32 Å². The van der Waals surface area contributed by atoms with Gasteiger partial charge in [-0.15, -0.1) is 5.10 Å². The molecule has 3 rings (SSSR count). The molecule has 22 heavy (non-hydrogen) atoms. The van der Waals surface area contributed by atoms with E-state index < -0.39 is 0 Å². The van der Waals surface area contributed by atoms with Crippen LogP contribution < -0.4 is 5.32 Å². The smallest absolute Gasteiger partial charge is 0.234 e. The van der Waals surface area contributed by atoms with Gasteiger partial charge in [0, 0.05) is 5.69 Å². The van der Waals surface area contributed by atoms with Crippen molar-refractivity contribution in [3.8, 4) is 0 Å². The first-order chi connectivity index (χ1) is 10.8. The van der Waals surface area contributed by atoms with Gasteiger partial charge >= 0.3 is 0 Å². The Kier molecular flexibility index (Phi) is 5.05. The van der Waals surface area contributed by atoms with Crippen molar-refractivity contribution in [2.24, 2.45) is 0 Å². The molecule has 1 aliphatic rings. The zero-order chi connectivity index (χ0) is 15.2. The van der Waals surface area contributed by atoms with Crippen LogP contribution >= 0.6 is 11.8 Å². The quantitative estimate of drug-likeness (QED) is 0.858. The van der Waals surface area contributed by atoms with E-state index >= 15 is 0 Å². The number of benzene rings is 1. The molecule has 0 radical (unpaired) electrons. The summed E-state index contributed by atoms with van der Waals surface area (Å²) < 4.78 is 1.89. The van der Waals surface area contributed by atoms with Crippen LogP contribution in [0.1, 0.15) is 38.1 Å². The highest BCUT2D eigenvalue weighted by atomic mass is 32.2. The second kappa shape index (κ2) is 7.40. The van der Waals surface area contributed by atoms with Crippen molar-refractivity contribution in [2.45, 2.75) is 43.3 Å². The van der Waals surface area contributed by atoms with Crippen LogP contribution in [-0.2, 0) is 4.79 Å². The summed E-state index contributed by atoms with van der Waals surface area (Å²) in [7, 11) is 0. The SMILES string of the molecule is O=C(CSc1nnnn1C1CCCCC1)Nc1ccccc1. The number of carbonyl (C=O) groups excluding carboxylic acids is 1. The van der Waals surface area contributed by atoms with Gasteiger partial charge in [-0.25, -0.2) is 4.68 Å². The first-order valence-corrected chi connectivity index (χ1v) is 8.57. The van der Waals surface area contributed by atoms with Crippen LogP contribution in [-0.4, -0.2) is 31.9 Å². The molecule has 0 aliphatic heterocycles. The van der Waals surface area contributed by atoms with Gasteiger partial charge in [-0.05, 0) is 35.4 Å². The molecule has 2 aromatic rings. The monoisotopic (exact) mass is 317 g/mol. The summed E-state index contributed by atoms with van der Waals surface area (Å²) in [6.45, 7) is 0. The third-order valence-corrected chi connectivity index (χ3v) is 4.71. The molecule has 1 aromatic heterocycles. The van der Waals surface area contributed by atoms with E-state index in [9.17, 15) is 4.79 Å². The summed E-state index contributed by atoms with van der Waals surface area (Å²) >= 11 is 1.39. The molecule has 1 aliphatic carbocycles. The van der Waals surface area contributed by atoms with Gasteiger partial charge in [-0.2, -0.15) is 0 Å². The molecule has 1 saturated carbocycles. The largest absolute Gasteiger partial charge is 0.325 e. The average Bonchev–Trinajstić information content (AvgIpc) is 3.03. The Morgan fingerprint density at radius 3 is 2.77 bits per heavy atom. The maximum atomic E-state index is 12.0. The predicted octanol–water partition coefficient (Wildman–Crippen LogP) is 2.91. The number of nitrogens with one attached hydrogen (secondary N) is 1. The van der Waals surface area contributed by atoms with E-state index in [1.165, 1.54) is 31.0 Å². The second-order valence-corrected chi connectivity index (χ2v) is 6.34. The summed E-state index contributed by atoms with van der Waals surface area (Å²) in [5, 5.41) is 15.5. The molecule has 0 atom stereocenters. The minimum Gasteiger partial charge on any atom is -0.325 e. The summed E-state index contributed by atoms with van der Waals surface area (Å²) in [6, 6.07) is 9.83. The van der Waals surface area contributed by atoms with E-state index in [2.05, 4.69) is 20.8 Å². The van der Waals surface area contributed by atoms with Gasteiger partial charge in [-0.1, -0.05) is 49.2 Å². The predicted molar refractivity (Wildman–Crippen MR) is 85.7 cm³/mol. The van der Waals surface area contributed by atoms with Gasteiger partial charge in [0.25, 0.3) is 0 Å². The highest BCUT2D eigenvalue weighted by Gasteiger charge is 2.20. The van der Waals surface area contributed by atoms with Crippen LogP contribution in [0.25, 0.3) is 0 Å². The lowest BCUT2D eigenvalue weighted by Crippen LogP contribution is -2.17. The first kappa shape index (κ1) is 15.0. The van der Waals surface area contributed by atoms with Gasteiger partial charge in [0.2, 0.25) is 11.1 Å². The van der Waals surface area contributed by atoms with Crippen molar-refractivity contribution < 1.29 is 4.79 Å². The molecule has 6 nitrogen and oxygen atoms in total. The van der Waals surface area contributed by atoms with Gasteiger partial charge in [-0.3, -0.25) is 4.79 Å². The number of carbonyl (C=O) groups is 1. The molecule has 1 heterocycles. The van der Waals surface area contributed by atoms with Crippen molar-refractivity contribution >= 4 is 23.4 Å². The fraction of sp³-hybridized carbons (Fsp3) is 0.467. The molecule has 7 heteroatoms. The van der Waals surface area contributed by atoms with E-state index in [0.29, 0.717) is 11.8 Å². The number of aromatic nitrogens is 4. The molecule has 0 spiro atoms. The van der Waals surface area contributed by atoms with Gasteiger partial charge in [0.1, 0.15) is 0 Å². The van der Waals surface area contributed by atoms with E-state index in [-0.39, 0.29) is 5.91 Å². The minimum atomic E-state index is -0.0469. The molecular weight excluding hydrogens is 298 g/mol. The van der Waals surface area contributed by atoms with Crippen LogP contribution in [0.5, 0.6) is 0 Å². The standard InChI is InChI=1S/C15H19N5OS/c21-14(16-12-7-3-1-4-8-12)11-22-15-17-18-19-20(15)13-9-5-2-6-10-13/h1,3-4,7-8,13H,2,5-6,9-11H2,(H,16,21). The number of rotatable bonds is 5. The molecule has 0 saturated heterocycles.